The van der Waals surface area contributed by atoms with Gasteiger partial charge in [0.2, 0.25) is 0 Å². The van der Waals surface area contributed by atoms with Crippen molar-refractivity contribution < 1.29 is 18.2 Å². The zero-order valence-electron chi connectivity index (χ0n) is 20.8. The first-order valence-corrected chi connectivity index (χ1v) is 13.6. The fourth-order valence-corrected chi connectivity index (χ4v) is 4.87. The van der Waals surface area contributed by atoms with Gasteiger partial charge in [0.05, 0.1) is 5.57 Å². The van der Waals surface area contributed by atoms with Gasteiger partial charge in [-0.1, -0.05) is 108 Å². The molecule has 0 spiro atoms. The molecule has 0 heterocycles. The molecule has 6 nitrogen and oxygen atoms in total. The molecule has 4 aromatic carbocycles. The minimum absolute atomic E-state index is 0.314. The molecule has 0 N–H and O–H groups in total. The number of nitrogens with zero attached hydrogens (tertiary/aromatic N) is 2. The van der Waals surface area contributed by atoms with E-state index in [9.17, 15) is 9.83 Å². The molecule has 7 heteroatoms. The predicted octanol–water partition coefficient (Wildman–Crippen LogP) is 8.40. The summed E-state index contributed by atoms with van der Waals surface area (Å²) >= 11 is 0. The van der Waals surface area contributed by atoms with Crippen LogP contribution in [0.25, 0.3) is 16.7 Å². The van der Waals surface area contributed by atoms with Crippen LogP contribution in [-0.4, -0.2) is 5.71 Å². The van der Waals surface area contributed by atoms with Crippen LogP contribution in [0, 0.1) is 11.3 Å². The number of nitriles is 1. The summed E-state index contributed by atoms with van der Waals surface area (Å²) in [6, 6.07) is 37.4. The maximum atomic E-state index is 13.5. The smallest absolute Gasteiger partial charge is 0.385 e. The number of hydrogen-bond donors (Lipinski definition) is 0. The second kappa shape index (κ2) is 12.0. The number of allylic oxidation sites excluding steroid dienone is 6. The van der Waals surface area contributed by atoms with Crippen molar-refractivity contribution in [3.8, 4) is 28.7 Å². The minimum atomic E-state index is -4.17. The summed E-state index contributed by atoms with van der Waals surface area (Å²) in [5, 5.41) is 13.9. The standard InChI is InChI=1S/C32H23N2O4P/c33-24-32(27-18-16-26(17-19-27)25-10-4-1-5-11-25)28-20-22-29(23-21-28)34-38-39(35,36-30-12-6-2-7-13-30)37-31-14-8-3-9-15-31/h1-23H. The number of hydrogen-bond acceptors (Lipinski definition) is 6. The van der Waals surface area contributed by atoms with Gasteiger partial charge in [-0.25, -0.2) is 0 Å². The molecule has 1 aliphatic carbocycles. The van der Waals surface area contributed by atoms with Gasteiger partial charge in [0.1, 0.15) is 23.3 Å². The normalized spacial score (nSPS) is 12.4. The molecule has 190 valence electrons. The van der Waals surface area contributed by atoms with Gasteiger partial charge in [0, 0.05) is 0 Å². The summed E-state index contributed by atoms with van der Waals surface area (Å²) in [4.78, 5) is 0. The summed E-state index contributed by atoms with van der Waals surface area (Å²) in [5.74, 6) is 0.628. The average molecular weight is 531 g/mol. The van der Waals surface area contributed by atoms with Crippen molar-refractivity contribution in [3.05, 3.63) is 151 Å². The molecular formula is C32H23N2O4P. The van der Waals surface area contributed by atoms with E-state index in [0.717, 1.165) is 16.7 Å². The second-order valence-electron chi connectivity index (χ2n) is 8.41. The van der Waals surface area contributed by atoms with Crippen molar-refractivity contribution in [1.29, 1.82) is 5.26 Å². The predicted molar refractivity (Wildman–Crippen MR) is 153 cm³/mol. The van der Waals surface area contributed by atoms with E-state index in [4.69, 9.17) is 13.7 Å². The maximum absolute atomic E-state index is 13.5. The molecule has 0 unspecified atom stereocenters. The minimum Gasteiger partial charge on any atom is -0.385 e. The van der Waals surface area contributed by atoms with Crippen LogP contribution in [0.1, 0.15) is 5.56 Å². The molecule has 0 saturated heterocycles. The van der Waals surface area contributed by atoms with Crippen LogP contribution >= 0.6 is 7.82 Å². The van der Waals surface area contributed by atoms with Gasteiger partial charge < -0.3 is 9.05 Å². The highest BCUT2D eigenvalue weighted by atomic mass is 31.2. The molecule has 1 aliphatic rings. The Bertz CT molecular complexity index is 1570. The number of para-hydroxylation sites is 2. The molecule has 4 aromatic rings. The zero-order chi connectivity index (χ0) is 26.9. The van der Waals surface area contributed by atoms with Crippen molar-refractivity contribution in [1.82, 2.24) is 0 Å². The molecule has 0 atom stereocenters. The van der Waals surface area contributed by atoms with E-state index in [1.54, 1.807) is 72.8 Å². The summed E-state index contributed by atoms with van der Waals surface area (Å²) in [7, 11) is -4.17. The third kappa shape index (κ3) is 6.61. The summed E-state index contributed by atoms with van der Waals surface area (Å²) in [6.45, 7) is 0. The molecule has 0 aliphatic heterocycles. The third-order valence-electron chi connectivity index (χ3n) is 5.72. The van der Waals surface area contributed by atoms with E-state index in [1.807, 2.05) is 66.7 Å². The van der Waals surface area contributed by atoms with Gasteiger partial charge in [-0.05, 0) is 58.7 Å². The quantitative estimate of drug-likeness (QED) is 0.130. The third-order valence-corrected chi connectivity index (χ3v) is 6.87. The Hall–Kier alpha value is -5.11. The van der Waals surface area contributed by atoms with Crippen LogP contribution in [0.5, 0.6) is 11.5 Å². The lowest BCUT2D eigenvalue weighted by molar-refractivity contribution is 0.218. The van der Waals surface area contributed by atoms with Gasteiger partial charge >= 0.3 is 7.82 Å². The number of phosphoric acid groups is 1. The molecule has 5 rings (SSSR count). The van der Waals surface area contributed by atoms with Crippen molar-refractivity contribution in [3.63, 3.8) is 0 Å². The first-order chi connectivity index (χ1) is 19.1. The monoisotopic (exact) mass is 530 g/mol. The van der Waals surface area contributed by atoms with Crippen molar-refractivity contribution >= 4 is 19.1 Å². The van der Waals surface area contributed by atoms with Gasteiger partial charge in [-0.3, -0.25) is 4.62 Å². The fourth-order valence-electron chi connectivity index (χ4n) is 3.81. The molecule has 0 radical (unpaired) electrons. The van der Waals surface area contributed by atoms with Gasteiger partial charge in [0.25, 0.3) is 0 Å². The average Bonchev–Trinajstić information content (AvgIpc) is 2.99. The Balaban J connectivity index is 1.34. The molecule has 39 heavy (non-hydrogen) atoms. The zero-order valence-corrected chi connectivity index (χ0v) is 21.6. The van der Waals surface area contributed by atoms with E-state index in [0.29, 0.717) is 28.4 Å². The molecule has 0 fully saturated rings. The van der Waals surface area contributed by atoms with Crippen LogP contribution in [0.4, 0.5) is 0 Å². The maximum Gasteiger partial charge on any atom is 0.668 e. The van der Waals surface area contributed by atoms with Crippen LogP contribution in [0.2, 0.25) is 0 Å². The van der Waals surface area contributed by atoms with E-state index in [-0.39, 0.29) is 0 Å². The topological polar surface area (TPSA) is 80.9 Å². The van der Waals surface area contributed by atoms with Crippen LogP contribution in [0.15, 0.2) is 150 Å². The molecule has 0 amide bonds. The van der Waals surface area contributed by atoms with Crippen LogP contribution in [0.3, 0.4) is 0 Å². The van der Waals surface area contributed by atoms with Crippen LogP contribution in [-0.2, 0) is 9.19 Å². The van der Waals surface area contributed by atoms with Crippen molar-refractivity contribution in [2.75, 3.05) is 0 Å². The Kier molecular flexibility index (Phi) is 7.83. The Labute approximate surface area is 227 Å². The number of rotatable bonds is 8. The van der Waals surface area contributed by atoms with Gasteiger partial charge in [-0.15, -0.1) is 0 Å². The van der Waals surface area contributed by atoms with Crippen molar-refractivity contribution in [2.24, 2.45) is 5.16 Å². The van der Waals surface area contributed by atoms with E-state index in [1.165, 1.54) is 0 Å². The second-order valence-corrected chi connectivity index (χ2v) is 9.83. The number of phosphoric ester groups is 1. The molecule has 0 aromatic heterocycles. The molecule has 0 bridgehead atoms. The fraction of sp³-hybridized carbons (Fsp3) is 0. The molecule has 0 saturated carbocycles. The summed E-state index contributed by atoms with van der Waals surface area (Å²) in [6.07, 6.45) is 6.85. The van der Waals surface area contributed by atoms with E-state index < -0.39 is 7.82 Å². The summed E-state index contributed by atoms with van der Waals surface area (Å²) in [5.41, 5.74) is 4.60. The largest absolute Gasteiger partial charge is 0.668 e. The summed E-state index contributed by atoms with van der Waals surface area (Å²) < 4.78 is 30.0. The molecular weight excluding hydrogens is 507 g/mol. The van der Waals surface area contributed by atoms with E-state index >= 15 is 0 Å². The lowest BCUT2D eigenvalue weighted by Crippen LogP contribution is -2.04. The number of oxime groups is 1. The first-order valence-electron chi connectivity index (χ1n) is 12.1. The SMILES string of the molecule is N#CC(=C1C=CC(=NOP(=O)(Oc2ccccc2)Oc2ccccc2)C=C1)c1ccc(-c2ccccc2)cc1. The lowest BCUT2D eigenvalue weighted by Gasteiger charge is -2.16. The van der Waals surface area contributed by atoms with Crippen molar-refractivity contribution in [2.45, 2.75) is 0 Å². The van der Waals surface area contributed by atoms with Gasteiger partial charge in [0.15, 0.2) is 0 Å². The van der Waals surface area contributed by atoms with Crippen LogP contribution < -0.4 is 9.05 Å². The first kappa shape index (κ1) is 25.5. The number of benzene rings is 4. The Morgan fingerprint density at radius 3 is 1.64 bits per heavy atom. The lowest BCUT2D eigenvalue weighted by atomic mass is 9.95. The Morgan fingerprint density at radius 1 is 0.641 bits per heavy atom. The Morgan fingerprint density at radius 2 is 1.13 bits per heavy atom. The van der Waals surface area contributed by atoms with Gasteiger partial charge in [-0.2, -0.15) is 9.83 Å². The highest BCUT2D eigenvalue weighted by Crippen LogP contribution is 2.50. The van der Waals surface area contributed by atoms with E-state index in [2.05, 4.69) is 11.2 Å². The highest BCUT2D eigenvalue weighted by Gasteiger charge is 2.33. The highest BCUT2D eigenvalue weighted by molar-refractivity contribution is 7.49.